The third-order valence-corrected chi connectivity index (χ3v) is 8.22. The summed E-state index contributed by atoms with van der Waals surface area (Å²) in [6, 6.07) is 7.21. The summed E-state index contributed by atoms with van der Waals surface area (Å²) in [4.78, 5) is 41.9. The molecule has 2 amide bonds. The average Bonchev–Trinajstić information content (AvgIpc) is 3.62. The lowest BCUT2D eigenvalue weighted by molar-refractivity contribution is -0.0752. The monoisotopic (exact) mass is 576 g/mol. The van der Waals surface area contributed by atoms with Gasteiger partial charge in [0, 0.05) is 50.3 Å². The molecular weight excluding hydrogens is 548 g/mol. The van der Waals surface area contributed by atoms with Crippen LogP contribution in [0.15, 0.2) is 28.8 Å². The topological polar surface area (TPSA) is 143 Å². The first-order chi connectivity index (χ1) is 18.7. The predicted octanol–water partition coefficient (Wildman–Crippen LogP) is 3.77. The number of carbonyl (C=O) groups excluding carboxylic acids is 2. The molecule has 2 aliphatic rings. The van der Waals surface area contributed by atoms with E-state index in [2.05, 4.69) is 34.3 Å². The number of hydrogen-bond donors (Lipinski definition) is 2. The molecule has 0 bridgehead atoms. The largest absolute Gasteiger partial charge is 0.507 e. The highest BCUT2D eigenvalue weighted by Crippen LogP contribution is 2.31. The maximum absolute atomic E-state index is 13.4. The molecule has 3 aromatic rings. The van der Waals surface area contributed by atoms with Gasteiger partial charge in [-0.25, -0.2) is 4.79 Å². The van der Waals surface area contributed by atoms with Crippen molar-refractivity contribution in [3.05, 3.63) is 45.7 Å². The van der Waals surface area contributed by atoms with Crippen LogP contribution in [0, 0.1) is 0 Å². The molecule has 0 radical (unpaired) electrons. The summed E-state index contributed by atoms with van der Waals surface area (Å²) in [5.74, 6) is -0.331. The van der Waals surface area contributed by atoms with E-state index >= 15 is 0 Å². The molecular formula is C25H29ClN6O6S. The van der Waals surface area contributed by atoms with Gasteiger partial charge in [-0.2, -0.15) is 5.10 Å². The van der Waals surface area contributed by atoms with Crippen molar-refractivity contribution in [1.29, 1.82) is 0 Å². The summed E-state index contributed by atoms with van der Waals surface area (Å²) in [5, 5.41) is 20.5. The summed E-state index contributed by atoms with van der Waals surface area (Å²) < 4.78 is 12.3. The molecule has 0 saturated carbocycles. The number of piperidine rings is 1. The van der Waals surface area contributed by atoms with Gasteiger partial charge in [-0.3, -0.25) is 14.3 Å². The number of carboxylic acid groups (broad SMARTS) is 1. The number of rotatable bonds is 8. The van der Waals surface area contributed by atoms with E-state index in [1.165, 1.54) is 27.0 Å². The van der Waals surface area contributed by atoms with E-state index in [9.17, 15) is 14.4 Å². The first-order valence-electron chi connectivity index (χ1n) is 12.7. The molecule has 5 heterocycles. The Labute approximate surface area is 233 Å². The summed E-state index contributed by atoms with van der Waals surface area (Å²) in [5.41, 5.74) is 0.721. The highest BCUT2D eigenvalue weighted by atomic mass is 35.5. The third-order valence-electron chi connectivity index (χ3n) is 6.98. The van der Waals surface area contributed by atoms with Crippen molar-refractivity contribution in [3.8, 4) is 10.6 Å². The van der Waals surface area contributed by atoms with Crippen LogP contribution in [0.2, 0.25) is 4.34 Å². The van der Waals surface area contributed by atoms with Gasteiger partial charge in [0.25, 0.3) is 11.8 Å². The number of hydrogen-bond acceptors (Lipinski definition) is 9. The van der Waals surface area contributed by atoms with Gasteiger partial charge in [0.15, 0.2) is 17.7 Å². The van der Waals surface area contributed by atoms with E-state index < -0.39 is 18.3 Å². The Kier molecular flexibility index (Phi) is 7.91. The number of carbonyl (C=O) groups is 3. The first kappa shape index (κ1) is 27.2. The number of halogens is 1. The minimum Gasteiger partial charge on any atom is -0.450 e. The van der Waals surface area contributed by atoms with Crippen LogP contribution < -0.4 is 5.32 Å². The lowest BCUT2D eigenvalue weighted by atomic mass is 10.0. The van der Waals surface area contributed by atoms with E-state index in [1.54, 1.807) is 12.1 Å². The van der Waals surface area contributed by atoms with Crippen molar-refractivity contribution in [2.24, 2.45) is 0 Å². The minimum absolute atomic E-state index is 0.000889. The number of ether oxygens (including phenoxy) is 1. The quantitative estimate of drug-likeness (QED) is 0.383. The van der Waals surface area contributed by atoms with Crippen LogP contribution in [0.25, 0.3) is 10.6 Å². The molecule has 12 nitrogen and oxygen atoms in total. The average molecular weight is 577 g/mol. The van der Waals surface area contributed by atoms with Gasteiger partial charge in [0.2, 0.25) is 0 Å². The maximum atomic E-state index is 13.4. The number of amides is 2. The maximum Gasteiger partial charge on any atom is 0.507 e. The van der Waals surface area contributed by atoms with Gasteiger partial charge in [-0.1, -0.05) is 16.8 Å². The Morgan fingerprint density at radius 2 is 1.97 bits per heavy atom. The second-order valence-corrected chi connectivity index (χ2v) is 11.6. The van der Waals surface area contributed by atoms with Crippen molar-refractivity contribution >= 4 is 40.9 Å². The second-order valence-electron chi connectivity index (χ2n) is 9.86. The Bertz CT molecular complexity index is 1360. The zero-order chi connectivity index (χ0) is 27.7. The SMILES string of the molecule is CC(C)N1CCC(NC(=O)c2cc(C(=O)N3CC[C@@H]3OC(=O)O)nn2Cc2cc(-c3ccc(Cl)s3)on2)CC1. The number of nitrogens with zero attached hydrogens (tertiary/aromatic N) is 5. The Morgan fingerprint density at radius 1 is 1.21 bits per heavy atom. The van der Waals surface area contributed by atoms with E-state index in [1.807, 2.05) is 6.07 Å². The van der Waals surface area contributed by atoms with Crippen LogP contribution in [-0.4, -0.2) is 85.8 Å². The molecule has 1 atom stereocenters. The molecule has 2 N–H and O–H groups in total. The molecule has 2 saturated heterocycles. The van der Waals surface area contributed by atoms with E-state index in [0.29, 0.717) is 34.8 Å². The summed E-state index contributed by atoms with van der Waals surface area (Å²) in [6.45, 7) is 6.50. The smallest absolute Gasteiger partial charge is 0.450 e. The molecule has 2 aliphatic heterocycles. The van der Waals surface area contributed by atoms with E-state index in [4.69, 9.17) is 26.0 Å². The van der Waals surface area contributed by atoms with Crippen LogP contribution in [0.5, 0.6) is 0 Å². The van der Waals surface area contributed by atoms with Crippen molar-refractivity contribution in [3.63, 3.8) is 0 Å². The predicted molar refractivity (Wildman–Crippen MR) is 142 cm³/mol. The Hall–Kier alpha value is -3.42. The van der Waals surface area contributed by atoms with E-state index in [-0.39, 0.29) is 29.9 Å². The zero-order valence-electron chi connectivity index (χ0n) is 21.5. The van der Waals surface area contributed by atoms with Gasteiger partial charge in [0.05, 0.1) is 15.8 Å². The molecule has 5 rings (SSSR count). The van der Waals surface area contributed by atoms with E-state index in [0.717, 1.165) is 30.8 Å². The molecule has 2 fully saturated rings. The van der Waals surface area contributed by atoms with Crippen LogP contribution in [-0.2, 0) is 11.3 Å². The van der Waals surface area contributed by atoms with Crippen LogP contribution in [0.4, 0.5) is 4.79 Å². The van der Waals surface area contributed by atoms with Gasteiger partial charge in [0.1, 0.15) is 11.4 Å². The normalized spacial score (nSPS) is 18.3. The third kappa shape index (κ3) is 6.10. The van der Waals surface area contributed by atoms with Gasteiger partial charge < -0.3 is 29.5 Å². The van der Waals surface area contributed by atoms with Crippen molar-refractivity contribution in [2.75, 3.05) is 19.6 Å². The Balaban J connectivity index is 1.36. The molecule has 0 aliphatic carbocycles. The highest BCUT2D eigenvalue weighted by Gasteiger charge is 2.37. The highest BCUT2D eigenvalue weighted by molar-refractivity contribution is 7.19. The number of aromatic nitrogens is 3. The fourth-order valence-corrected chi connectivity index (χ4v) is 5.72. The number of nitrogens with one attached hydrogen (secondary N) is 1. The zero-order valence-corrected chi connectivity index (χ0v) is 23.1. The van der Waals surface area contributed by atoms with Gasteiger partial charge >= 0.3 is 6.16 Å². The van der Waals surface area contributed by atoms with Gasteiger partial charge in [-0.05, 0) is 38.8 Å². The van der Waals surface area contributed by atoms with Crippen molar-refractivity contribution in [2.45, 2.75) is 58.0 Å². The fraction of sp³-hybridized carbons (Fsp3) is 0.480. The molecule has 208 valence electrons. The van der Waals surface area contributed by atoms with Crippen LogP contribution >= 0.6 is 22.9 Å². The van der Waals surface area contributed by atoms with Gasteiger partial charge in [-0.15, -0.1) is 11.3 Å². The van der Waals surface area contributed by atoms with Crippen molar-refractivity contribution < 1.29 is 28.8 Å². The summed E-state index contributed by atoms with van der Waals surface area (Å²) in [7, 11) is 0. The lowest BCUT2D eigenvalue weighted by Crippen LogP contribution is -2.53. The fourth-order valence-electron chi connectivity index (χ4n) is 4.73. The van der Waals surface area contributed by atoms with Crippen LogP contribution in [0.3, 0.4) is 0 Å². The number of thiophene rings is 1. The molecule has 39 heavy (non-hydrogen) atoms. The first-order valence-corrected chi connectivity index (χ1v) is 13.9. The molecule has 0 spiro atoms. The molecule has 3 aromatic heterocycles. The minimum atomic E-state index is -1.46. The Morgan fingerprint density at radius 3 is 2.59 bits per heavy atom. The second kappa shape index (κ2) is 11.4. The van der Waals surface area contributed by atoms with Crippen molar-refractivity contribution in [1.82, 2.24) is 30.1 Å². The summed E-state index contributed by atoms with van der Waals surface area (Å²) in [6.07, 6.45) is -0.293. The van der Waals surface area contributed by atoms with Crippen LogP contribution in [0.1, 0.15) is 59.8 Å². The standard InChI is InChI=1S/C25H29ClN6O6S/c1-14(2)30-8-5-15(6-9-30)27-23(33)18-12-17(24(34)31-10-7-22(31)37-25(35)36)28-32(18)13-16-11-19(38-29-16)20-3-4-21(26)39-20/h3-4,11-12,14-15,22H,5-10,13H2,1-2H3,(H,27,33)(H,35,36)/t22-/m0/s1. The molecule has 14 heteroatoms. The molecule has 0 unspecified atom stereocenters. The number of likely N-dealkylation sites (tertiary alicyclic amines) is 2. The lowest BCUT2D eigenvalue weighted by Gasteiger charge is -2.38. The molecule has 0 aromatic carbocycles. The summed E-state index contributed by atoms with van der Waals surface area (Å²) >= 11 is 7.39.